The fraction of sp³-hybridized carbons (Fsp3) is 0.318. The fourth-order valence-corrected chi connectivity index (χ4v) is 3.39. The third kappa shape index (κ3) is 4.21. The number of benzene rings is 1. The normalized spacial score (nSPS) is 13.7. The van der Waals surface area contributed by atoms with Gasteiger partial charge in [-0.2, -0.15) is 5.26 Å². The fourth-order valence-electron chi connectivity index (χ4n) is 3.39. The molecule has 1 aliphatic rings. The van der Waals surface area contributed by atoms with E-state index in [1.165, 1.54) is 6.42 Å². The molecule has 0 amide bonds. The first-order valence-electron chi connectivity index (χ1n) is 10.0. The number of anilines is 1. The smallest absolute Gasteiger partial charge is 0.162 e. The van der Waals surface area contributed by atoms with Crippen LogP contribution in [0.3, 0.4) is 0 Å². The molecule has 1 saturated heterocycles. The van der Waals surface area contributed by atoms with Crippen LogP contribution in [0, 0.1) is 18.3 Å². The zero-order valence-corrected chi connectivity index (χ0v) is 16.9. The number of aromatic nitrogens is 4. The van der Waals surface area contributed by atoms with Crippen LogP contribution in [0.4, 0.5) is 5.82 Å². The van der Waals surface area contributed by atoms with Crippen LogP contribution in [0.2, 0.25) is 0 Å². The molecule has 0 aliphatic carbocycles. The summed E-state index contributed by atoms with van der Waals surface area (Å²) in [6, 6.07) is 9.27. The van der Waals surface area contributed by atoms with E-state index >= 15 is 0 Å². The molecule has 0 unspecified atom stereocenters. The maximum Gasteiger partial charge on any atom is 0.162 e. The maximum absolute atomic E-state index is 9.35. The minimum Gasteiger partial charge on any atom is -0.454 e. The van der Waals surface area contributed by atoms with Gasteiger partial charge in [-0.3, -0.25) is 0 Å². The molecule has 152 valence electrons. The third-order valence-electron chi connectivity index (χ3n) is 5.11. The highest BCUT2D eigenvalue weighted by molar-refractivity contribution is 5.66. The van der Waals surface area contributed by atoms with Gasteiger partial charge in [-0.05, 0) is 44.4 Å². The lowest BCUT2D eigenvalue weighted by atomic mass is 10.1. The Bertz CT molecular complexity index is 1070. The molecule has 4 rings (SSSR count). The molecule has 2 N–H and O–H groups in total. The second-order valence-electron chi connectivity index (χ2n) is 7.24. The predicted octanol–water partition coefficient (Wildman–Crippen LogP) is 3.36. The average molecular weight is 401 g/mol. The summed E-state index contributed by atoms with van der Waals surface area (Å²) in [5.74, 6) is 2.40. The molecule has 1 aromatic carbocycles. The van der Waals surface area contributed by atoms with Crippen molar-refractivity contribution in [3.63, 3.8) is 0 Å². The summed E-state index contributed by atoms with van der Waals surface area (Å²) < 4.78 is 6.24. The Morgan fingerprint density at radius 2 is 1.83 bits per heavy atom. The highest BCUT2D eigenvalue weighted by Crippen LogP contribution is 2.34. The predicted molar refractivity (Wildman–Crippen MR) is 113 cm³/mol. The number of nitrogens with zero attached hydrogens (tertiary/aromatic N) is 6. The van der Waals surface area contributed by atoms with Crippen molar-refractivity contribution in [1.29, 1.82) is 5.26 Å². The number of hydrogen-bond donors (Lipinski definition) is 1. The van der Waals surface area contributed by atoms with Gasteiger partial charge in [0.15, 0.2) is 17.4 Å². The van der Waals surface area contributed by atoms with Crippen molar-refractivity contribution in [2.24, 2.45) is 5.73 Å². The van der Waals surface area contributed by atoms with E-state index in [-0.39, 0.29) is 0 Å². The van der Waals surface area contributed by atoms with Gasteiger partial charge in [-0.1, -0.05) is 0 Å². The van der Waals surface area contributed by atoms with E-state index < -0.39 is 0 Å². The SMILES string of the molecule is Cc1nnc(N2CCCCC2)cc1Oc1cc(C#N)ccc1-c1ncc(CN)cn1. The van der Waals surface area contributed by atoms with Crippen molar-refractivity contribution in [3.8, 4) is 29.0 Å². The Labute approximate surface area is 175 Å². The number of rotatable bonds is 5. The second kappa shape index (κ2) is 8.84. The molecule has 8 heteroatoms. The molecular weight excluding hydrogens is 378 g/mol. The first kappa shape index (κ1) is 19.7. The number of nitriles is 1. The summed E-state index contributed by atoms with van der Waals surface area (Å²) in [5.41, 5.74) is 8.33. The lowest BCUT2D eigenvalue weighted by Gasteiger charge is -2.27. The molecule has 0 radical (unpaired) electrons. The number of piperidine rings is 1. The van der Waals surface area contributed by atoms with E-state index in [4.69, 9.17) is 10.5 Å². The second-order valence-corrected chi connectivity index (χ2v) is 7.24. The van der Waals surface area contributed by atoms with E-state index in [2.05, 4.69) is 31.1 Å². The van der Waals surface area contributed by atoms with Crippen molar-refractivity contribution < 1.29 is 4.74 Å². The van der Waals surface area contributed by atoms with Crippen LogP contribution in [0.15, 0.2) is 36.7 Å². The van der Waals surface area contributed by atoms with Gasteiger partial charge >= 0.3 is 0 Å². The summed E-state index contributed by atoms with van der Waals surface area (Å²) in [5, 5.41) is 18.0. The molecule has 0 saturated carbocycles. The standard InChI is InChI=1S/C22H23N7O/c1-15-19(10-21(28-27-15)29-7-3-2-4-8-29)30-20-9-16(11-23)5-6-18(20)22-25-13-17(12-24)14-26-22/h5-6,9-10,13-14H,2-4,7-8,12,24H2,1H3. The summed E-state index contributed by atoms with van der Waals surface area (Å²) in [6.45, 7) is 4.15. The summed E-state index contributed by atoms with van der Waals surface area (Å²) in [7, 11) is 0. The molecule has 1 fully saturated rings. The minimum atomic E-state index is 0.373. The Morgan fingerprint density at radius 1 is 1.07 bits per heavy atom. The van der Waals surface area contributed by atoms with Gasteiger partial charge in [0.2, 0.25) is 0 Å². The van der Waals surface area contributed by atoms with Gasteiger partial charge in [-0.25, -0.2) is 9.97 Å². The van der Waals surface area contributed by atoms with Gasteiger partial charge in [0.25, 0.3) is 0 Å². The average Bonchev–Trinajstić information content (AvgIpc) is 2.81. The topological polar surface area (TPSA) is 114 Å². The molecule has 1 aliphatic heterocycles. The van der Waals surface area contributed by atoms with Crippen LogP contribution in [0.25, 0.3) is 11.4 Å². The summed E-state index contributed by atoms with van der Waals surface area (Å²) in [4.78, 5) is 11.0. The van der Waals surface area contributed by atoms with Crippen molar-refractivity contribution in [2.75, 3.05) is 18.0 Å². The van der Waals surface area contributed by atoms with Gasteiger partial charge in [0.05, 0.1) is 17.2 Å². The zero-order valence-electron chi connectivity index (χ0n) is 16.9. The molecule has 2 aromatic heterocycles. The third-order valence-corrected chi connectivity index (χ3v) is 5.11. The number of ether oxygens (including phenoxy) is 1. The van der Waals surface area contributed by atoms with Crippen molar-refractivity contribution >= 4 is 5.82 Å². The van der Waals surface area contributed by atoms with Gasteiger partial charge in [0.1, 0.15) is 11.4 Å². The van der Waals surface area contributed by atoms with Crippen molar-refractivity contribution in [3.05, 3.63) is 53.5 Å². The molecule has 3 heterocycles. The van der Waals surface area contributed by atoms with Gasteiger partial charge in [0, 0.05) is 43.7 Å². The van der Waals surface area contributed by atoms with Crippen molar-refractivity contribution in [2.45, 2.75) is 32.7 Å². The molecule has 3 aromatic rings. The Hall–Kier alpha value is -3.57. The lowest BCUT2D eigenvalue weighted by Crippen LogP contribution is -2.30. The van der Waals surface area contributed by atoms with Crippen LogP contribution in [-0.4, -0.2) is 33.3 Å². The molecule has 0 bridgehead atoms. The minimum absolute atomic E-state index is 0.373. The number of hydrogen-bond acceptors (Lipinski definition) is 8. The summed E-state index contributed by atoms with van der Waals surface area (Å²) >= 11 is 0. The van der Waals surface area contributed by atoms with Crippen LogP contribution in [0.5, 0.6) is 11.5 Å². The zero-order chi connectivity index (χ0) is 20.9. The molecule has 0 spiro atoms. The molecular formula is C22H23N7O. The quantitative estimate of drug-likeness (QED) is 0.692. The molecule has 30 heavy (non-hydrogen) atoms. The first-order valence-corrected chi connectivity index (χ1v) is 10.0. The van der Waals surface area contributed by atoms with Gasteiger partial charge < -0.3 is 15.4 Å². The summed E-state index contributed by atoms with van der Waals surface area (Å²) in [6.07, 6.45) is 6.93. The number of aryl methyl sites for hydroxylation is 1. The molecule has 8 nitrogen and oxygen atoms in total. The molecule has 0 atom stereocenters. The Kier molecular flexibility index (Phi) is 5.82. The highest BCUT2D eigenvalue weighted by Gasteiger charge is 2.17. The highest BCUT2D eigenvalue weighted by atomic mass is 16.5. The first-order chi connectivity index (χ1) is 14.7. The van der Waals surface area contributed by atoms with E-state index in [1.807, 2.05) is 13.0 Å². The van der Waals surface area contributed by atoms with E-state index in [0.717, 1.165) is 37.3 Å². The maximum atomic E-state index is 9.35. The van der Waals surface area contributed by atoms with E-state index in [1.54, 1.807) is 30.6 Å². The lowest BCUT2D eigenvalue weighted by molar-refractivity contribution is 0.473. The number of nitrogens with two attached hydrogens (primary N) is 1. The largest absolute Gasteiger partial charge is 0.454 e. The van der Waals surface area contributed by atoms with Crippen LogP contribution in [-0.2, 0) is 6.54 Å². The van der Waals surface area contributed by atoms with E-state index in [9.17, 15) is 5.26 Å². The van der Waals surface area contributed by atoms with Crippen LogP contribution < -0.4 is 15.4 Å². The Balaban J connectivity index is 1.70. The van der Waals surface area contributed by atoms with E-state index in [0.29, 0.717) is 40.7 Å². The van der Waals surface area contributed by atoms with Crippen molar-refractivity contribution in [1.82, 2.24) is 20.2 Å². The monoisotopic (exact) mass is 401 g/mol. The Morgan fingerprint density at radius 3 is 2.53 bits per heavy atom. The van der Waals surface area contributed by atoms with Crippen LogP contribution in [0.1, 0.15) is 36.1 Å². The van der Waals surface area contributed by atoms with Crippen LogP contribution >= 0.6 is 0 Å². The van der Waals surface area contributed by atoms with Gasteiger partial charge in [-0.15, -0.1) is 10.2 Å².